The number of benzene rings is 2. The molecule has 11 heteroatoms. The minimum Gasteiger partial charge on any atom is -0.497 e. The van der Waals surface area contributed by atoms with Crippen LogP contribution in [0.2, 0.25) is 0 Å². The van der Waals surface area contributed by atoms with Gasteiger partial charge in [0.2, 0.25) is 4.80 Å². The summed E-state index contributed by atoms with van der Waals surface area (Å²) in [5.74, 6) is 0.928. The van der Waals surface area contributed by atoms with Crippen LogP contribution in [-0.4, -0.2) is 46.9 Å². The molecule has 0 saturated carbocycles. The third-order valence-corrected chi connectivity index (χ3v) is 6.77. The maximum atomic E-state index is 12.9. The first-order valence-electron chi connectivity index (χ1n) is 9.19. The number of thiazole rings is 1. The van der Waals surface area contributed by atoms with Crippen LogP contribution < -0.4 is 19.0 Å². The summed E-state index contributed by atoms with van der Waals surface area (Å²) >= 11 is 1.11. The first-order valence-corrected chi connectivity index (χ1v) is 11.4. The van der Waals surface area contributed by atoms with Crippen LogP contribution in [0, 0.1) is 0 Å². The van der Waals surface area contributed by atoms with Gasteiger partial charge in [0.05, 0.1) is 43.0 Å². The Hall–Kier alpha value is -3.05. The van der Waals surface area contributed by atoms with Crippen molar-refractivity contribution in [3.8, 4) is 17.2 Å². The van der Waals surface area contributed by atoms with E-state index < -0.39 is 16.0 Å². The fourth-order valence-electron chi connectivity index (χ4n) is 2.86. The second-order valence-corrected chi connectivity index (χ2v) is 8.81. The van der Waals surface area contributed by atoms with E-state index in [-0.39, 0.29) is 22.8 Å². The Kier molecular flexibility index (Phi) is 6.86. The standard InChI is InChI=1S/C20H22N2O7S2/c1-5-29-19(23)12-22-15-10-16(27-3)17(28-4)11-18(15)30-20(22)21-31(24,25)14-8-6-13(26-2)7-9-14/h6-11H,5,12H2,1-4H3/b21-20-. The topological polar surface area (TPSA) is 105 Å². The van der Waals surface area contributed by atoms with Crippen molar-refractivity contribution in [3.05, 3.63) is 41.2 Å². The maximum absolute atomic E-state index is 12.9. The van der Waals surface area contributed by atoms with Gasteiger partial charge in [-0.15, -0.1) is 4.40 Å². The number of aromatic nitrogens is 1. The molecule has 31 heavy (non-hydrogen) atoms. The minimum absolute atomic E-state index is 0.00334. The van der Waals surface area contributed by atoms with Gasteiger partial charge in [0, 0.05) is 12.1 Å². The highest BCUT2D eigenvalue weighted by molar-refractivity contribution is 7.90. The number of carbonyl (C=O) groups is 1. The summed E-state index contributed by atoms with van der Waals surface area (Å²) < 4.78 is 52.8. The number of rotatable bonds is 8. The summed E-state index contributed by atoms with van der Waals surface area (Å²) in [5, 5.41) is 0. The molecule has 0 aliphatic heterocycles. The lowest BCUT2D eigenvalue weighted by Crippen LogP contribution is -2.23. The zero-order valence-electron chi connectivity index (χ0n) is 17.4. The van der Waals surface area contributed by atoms with Crippen LogP contribution in [0.5, 0.6) is 17.2 Å². The molecule has 0 fully saturated rings. The molecule has 2 aromatic carbocycles. The van der Waals surface area contributed by atoms with E-state index in [1.165, 1.54) is 50.2 Å². The predicted molar refractivity (Wildman–Crippen MR) is 115 cm³/mol. The molecule has 0 radical (unpaired) electrons. The summed E-state index contributed by atoms with van der Waals surface area (Å²) in [6.07, 6.45) is 0. The lowest BCUT2D eigenvalue weighted by atomic mass is 10.3. The molecule has 0 saturated heterocycles. The Morgan fingerprint density at radius 1 is 1.03 bits per heavy atom. The normalized spacial score (nSPS) is 12.1. The Morgan fingerprint density at radius 3 is 2.26 bits per heavy atom. The quantitative estimate of drug-likeness (QED) is 0.470. The van der Waals surface area contributed by atoms with Crippen LogP contribution in [0.3, 0.4) is 0 Å². The Bertz CT molecular complexity index is 1260. The van der Waals surface area contributed by atoms with E-state index >= 15 is 0 Å². The molecular formula is C20H22N2O7S2. The molecule has 0 N–H and O–H groups in total. The molecule has 1 aromatic heterocycles. The number of hydrogen-bond acceptors (Lipinski definition) is 8. The van der Waals surface area contributed by atoms with Crippen LogP contribution in [0.1, 0.15) is 6.92 Å². The number of fused-ring (bicyclic) bond motifs is 1. The molecule has 0 atom stereocenters. The molecule has 0 bridgehead atoms. The minimum atomic E-state index is -4.04. The number of hydrogen-bond donors (Lipinski definition) is 0. The molecule has 166 valence electrons. The molecule has 0 spiro atoms. The van der Waals surface area contributed by atoms with Gasteiger partial charge >= 0.3 is 5.97 Å². The maximum Gasteiger partial charge on any atom is 0.326 e. The highest BCUT2D eigenvalue weighted by atomic mass is 32.2. The van der Waals surface area contributed by atoms with Gasteiger partial charge in [-0.25, -0.2) is 0 Å². The SMILES string of the molecule is CCOC(=O)Cn1/c(=N/S(=O)(=O)c2ccc(OC)cc2)sc2cc(OC)c(OC)cc21. The molecule has 0 unspecified atom stereocenters. The number of esters is 1. The second kappa shape index (κ2) is 9.40. The Labute approximate surface area is 183 Å². The van der Waals surface area contributed by atoms with Gasteiger partial charge in [-0.1, -0.05) is 11.3 Å². The molecule has 0 aliphatic carbocycles. The summed E-state index contributed by atoms with van der Waals surface area (Å²) in [6, 6.07) is 9.27. The number of methoxy groups -OCH3 is 3. The zero-order valence-corrected chi connectivity index (χ0v) is 19.1. The van der Waals surface area contributed by atoms with Crippen LogP contribution in [-0.2, 0) is 26.1 Å². The van der Waals surface area contributed by atoms with E-state index in [1.807, 2.05) is 0 Å². The van der Waals surface area contributed by atoms with Crippen molar-refractivity contribution in [2.45, 2.75) is 18.4 Å². The van der Waals surface area contributed by atoms with Gasteiger partial charge in [-0.3, -0.25) is 4.79 Å². The fraction of sp³-hybridized carbons (Fsp3) is 0.300. The monoisotopic (exact) mass is 466 g/mol. The Morgan fingerprint density at radius 2 is 1.68 bits per heavy atom. The van der Waals surface area contributed by atoms with E-state index in [1.54, 1.807) is 19.1 Å². The number of ether oxygens (including phenoxy) is 4. The van der Waals surface area contributed by atoms with E-state index in [4.69, 9.17) is 18.9 Å². The lowest BCUT2D eigenvalue weighted by molar-refractivity contribution is -0.143. The van der Waals surface area contributed by atoms with Gasteiger partial charge in [-0.2, -0.15) is 8.42 Å². The average molecular weight is 467 g/mol. The predicted octanol–water partition coefficient (Wildman–Crippen LogP) is 2.58. The van der Waals surface area contributed by atoms with E-state index in [0.29, 0.717) is 27.5 Å². The van der Waals surface area contributed by atoms with Crippen molar-refractivity contribution < 1.29 is 32.2 Å². The fourth-order valence-corrected chi connectivity index (χ4v) is 5.10. The summed E-state index contributed by atoms with van der Waals surface area (Å²) in [4.78, 5) is 12.3. The highest BCUT2D eigenvalue weighted by Crippen LogP contribution is 2.33. The van der Waals surface area contributed by atoms with Gasteiger partial charge in [-0.05, 0) is 31.2 Å². The van der Waals surface area contributed by atoms with E-state index in [0.717, 1.165) is 11.3 Å². The lowest BCUT2D eigenvalue weighted by Gasteiger charge is -2.09. The summed E-state index contributed by atoms with van der Waals surface area (Å²) in [6.45, 7) is 1.69. The Balaban J connectivity index is 2.22. The first-order chi connectivity index (χ1) is 14.8. The molecule has 3 rings (SSSR count). The van der Waals surface area contributed by atoms with Crippen molar-refractivity contribution in [2.75, 3.05) is 27.9 Å². The smallest absolute Gasteiger partial charge is 0.326 e. The molecule has 1 heterocycles. The van der Waals surface area contributed by atoms with Gasteiger partial charge in [0.25, 0.3) is 10.0 Å². The first kappa shape index (κ1) is 22.6. The van der Waals surface area contributed by atoms with E-state index in [9.17, 15) is 13.2 Å². The third kappa shape index (κ3) is 4.83. The summed E-state index contributed by atoms with van der Waals surface area (Å²) in [7, 11) is 0.443. The molecule has 0 aliphatic rings. The van der Waals surface area contributed by atoms with Crippen molar-refractivity contribution in [1.82, 2.24) is 4.57 Å². The van der Waals surface area contributed by atoms with Crippen molar-refractivity contribution in [3.63, 3.8) is 0 Å². The number of carbonyl (C=O) groups excluding carboxylic acids is 1. The van der Waals surface area contributed by atoms with Crippen LogP contribution >= 0.6 is 11.3 Å². The number of nitrogens with zero attached hydrogens (tertiary/aromatic N) is 2. The third-order valence-electron chi connectivity index (χ3n) is 4.34. The average Bonchev–Trinajstić information content (AvgIpc) is 3.07. The van der Waals surface area contributed by atoms with Crippen molar-refractivity contribution >= 4 is 37.5 Å². The summed E-state index contributed by atoms with van der Waals surface area (Å²) in [5.41, 5.74) is 0.569. The molecule has 3 aromatic rings. The van der Waals surface area contributed by atoms with Gasteiger partial charge < -0.3 is 23.5 Å². The second-order valence-electron chi connectivity index (χ2n) is 6.19. The molecular weight excluding hydrogens is 444 g/mol. The largest absolute Gasteiger partial charge is 0.497 e. The number of sulfonamides is 1. The zero-order chi connectivity index (χ0) is 22.6. The van der Waals surface area contributed by atoms with Crippen LogP contribution in [0.25, 0.3) is 10.2 Å². The highest BCUT2D eigenvalue weighted by Gasteiger charge is 2.18. The molecule has 0 amide bonds. The van der Waals surface area contributed by atoms with Gasteiger partial charge in [0.15, 0.2) is 11.5 Å². The van der Waals surface area contributed by atoms with Crippen molar-refractivity contribution in [2.24, 2.45) is 4.40 Å². The van der Waals surface area contributed by atoms with Gasteiger partial charge in [0.1, 0.15) is 12.3 Å². The van der Waals surface area contributed by atoms with E-state index in [2.05, 4.69) is 4.40 Å². The molecule has 9 nitrogen and oxygen atoms in total. The van der Waals surface area contributed by atoms with Crippen molar-refractivity contribution in [1.29, 1.82) is 0 Å². The van der Waals surface area contributed by atoms with Crippen LogP contribution in [0.15, 0.2) is 45.7 Å². The van der Waals surface area contributed by atoms with Crippen LogP contribution in [0.4, 0.5) is 0 Å².